The summed E-state index contributed by atoms with van der Waals surface area (Å²) < 4.78 is 68.4. The molecule has 4 aromatic heterocycles. The molecule has 0 spiro atoms. The minimum atomic E-state index is -2.83. The molecular weight excluding hydrogens is 632 g/mol. The Labute approximate surface area is 270 Å². The van der Waals surface area contributed by atoms with E-state index in [2.05, 4.69) is 20.4 Å². The van der Waals surface area contributed by atoms with Gasteiger partial charge in [-0.25, -0.2) is 18.4 Å². The number of rotatable bonds is 9. The van der Waals surface area contributed by atoms with E-state index in [9.17, 15) is 22.8 Å². The van der Waals surface area contributed by atoms with Crippen LogP contribution in [-0.4, -0.2) is 37.3 Å². The number of fused-ring (bicyclic) bond motifs is 1. The molecule has 0 bridgehead atoms. The zero-order valence-corrected chi connectivity index (χ0v) is 25.6. The van der Waals surface area contributed by atoms with Gasteiger partial charge in [0.2, 0.25) is 11.3 Å². The van der Waals surface area contributed by atoms with E-state index in [1.807, 2.05) is 13.8 Å². The van der Waals surface area contributed by atoms with E-state index in [-0.39, 0.29) is 45.8 Å². The monoisotopic (exact) mass is 658 g/mol. The van der Waals surface area contributed by atoms with Crippen LogP contribution in [0.25, 0.3) is 33.3 Å². The highest BCUT2D eigenvalue weighted by Crippen LogP contribution is 2.36. The maximum atomic E-state index is 15.4. The first-order valence-corrected chi connectivity index (χ1v) is 14.5. The summed E-state index contributed by atoms with van der Waals surface area (Å²) in [6.07, 6.45) is 6.81. The van der Waals surface area contributed by atoms with Crippen molar-refractivity contribution in [3.8, 4) is 39.6 Å². The van der Waals surface area contributed by atoms with E-state index in [1.165, 1.54) is 68.2 Å². The predicted octanol–water partition coefficient (Wildman–Crippen LogP) is 7.63. The average molecular weight is 659 g/mol. The van der Waals surface area contributed by atoms with Gasteiger partial charge in [0, 0.05) is 65.3 Å². The van der Waals surface area contributed by atoms with Crippen LogP contribution in [0, 0.1) is 11.6 Å². The van der Waals surface area contributed by atoms with Gasteiger partial charge >= 0.3 is 6.55 Å². The van der Waals surface area contributed by atoms with Gasteiger partial charge in [-0.15, -0.1) is 0 Å². The lowest BCUT2D eigenvalue weighted by Crippen LogP contribution is -2.25. The van der Waals surface area contributed by atoms with Crippen molar-refractivity contribution in [1.82, 2.24) is 24.3 Å². The highest BCUT2D eigenvalue weighted by atomic mass is 19.3. The lowest BCUT2D eigenvalue weighted by Gasteiger charge is -2.16. The Morgan fingerprint density at radius 3 is 2.35 bits per heavy atom. The third-order valence-electron chi connectivity index (χ3n) is 7.40. The molecule has 48 heavy (non-hydrogen) atoms. The molecule has 0 unspecified atom stereocenters. The number of pyridine rings is 3. The number of anilines is 1. The number of ether oxygens (including phenoxy) is 2. The number of aromatic nitrogens is 5. The third-order valence-corrected chi connectivity index (χ3v) is 7.40. The number of nitrogens with one attached hydrogen (secondary N) is 1. The number of hydrogen-bond donors (Lipinski definition) is 1. The van der Waals surface area contributed by atoms with Gasteiger partial charge in [-0.1, -0.05) is 12.1 Å². The Hall–Kier alpha value is -6.05. The molecule has 2 aromatic carbocycles. The summed E-state index contributed by atoms with van der Waals surface area (Å²) >= 11 is 0. The van der Waals surface area contributed by atoms with Crippen LogP contribution in [0.1, 0.15) is 36.8 Å². The molecule has 0 aliphatic rings. The minimum Gasteiger partial charge on any atom is -0.481 e. The zero-order chi connectivity index (χ0) is 34.1. The molecule has 1 amide bonds. The number of alkyl halides is 2. The van der Waals surface area contributed by atoms with Crippen LogP contribution < -0.4 is 20.2 Å². The fraction of sp³-hybridized carbons (Fsp3) is 0.147. The maximum absolute atomic E-state index is 15.4. The summed E-state index contributed by atoms with van der Waals surface area (Å²) in [7, 11) is 1.36. The van der Waals surface area contributed by atoms with Gasteiger partial charge in [0.15, 0.2) is 17.3 Å². The van der Waals surface area contributed by atoms with Crippen LogP contribution >= 0.6 is 0 Å². The predicted molar refractivity (Wildman–Crippen MR) is 169 cm³/mol. The molecule has 0 saturated carbocycles. The van der Waals surface area contributed by atoms with E-state index in [1.54, 1.807) is 16.8 Å². The molecule has 4 heterocycles. The summed E-state index contributed by atoms with van der Waals surface area (Å²) in [5, 5.41) is 6.21. The molecule has 0 aliphatic carbocycles. The molecule has 6 aromatic rings. The second-order valence-corrected chi connectivity index (χ2v) is 10.9. The lowest BCUT2D eigenvalue weighted by molar-refractivity contribution is 0.0566. The number of benzene rings is 2. The highest BCUT2D eigenvalue weighted by Gasteiger charge is 2.20. The van der Waals surface area contributed by atoms with Crippen LogP contribution in [0.2, 0.25) is 0 Å². The Morgan fingerprint density at radius 2 is 1.69 bits per heavy atom. The lowest BCUT2D eigenvalue weighted by atomic mass is 10.0. The number of hydrogen-bond acceptors (Lipinski definition) is 7. The van der Waals surface area contributed by atoms with Gasteiger partial charge in [0.25, 0.3) is 5.91 Å². The van der Waals surface area contributed by atoms with Gasteiger partial charge in [0.05, 0.1) is 18.8 Å². The SMILES string of the molecule is COc1nc2c(Oc3ccc(NC(=O)c4cn(C(C)C)cc(-c5ccc(F)cc5)c4=O)cc3F)ccnc2cc1-c1cnn(C(F)F)c1. The number of amides is 1. The summed E-state index contributed by atoms with van der Waals surface area (Å²) in [4.78, 5) is 35.4. The molecular formula is C34H26F4N6O4. The largest absolute Gasteiger partial charge is 0.481 e. The third kappa shape index (κ3) is 6.32. The van der Waals surface area contributed by atoms with Gasteiger partial charge in [0.1, 0.15) is 16.9 Å². The van der Waals surface area contributed by atoms with E-state index in [0.717, 1.165) is 12.3 Å². The van der Waals surface area contributed by atoms with Crippen LogP contribution in [0.5, 0.6) is 17.4 Å². The molecule has 10 nitrogen and oxygen atoms in total. The average Bonchev–Trinajstić information content (AvgIpc) is 3.57. The molecule has 0 fully saturated rings. The van der Waals surface area contributed by atoms with Crippen LogP contribution in [-0.2, 0) is 0 Å². The molecule has 0 radical (unpaired) electrons. The van der Waals surface area contributed by atoms with Crippen LogP contribution in [0.3, 0.4) is 0 Å². The van der Waals surface area contributed by atoms with Crippen molar-refractivity contribution < 1.29 is 31.8 Å². The number of halogens is 4. The Balaban J connectivity index is 1.27. The minimum absolute atomic E-state index is 0.0564. The second-order valence-electron chi connectivity index (χ2n) is 10.9. The Kier molecular flexibility index (Phi) is 8.63. The van der Waals surface area contributed by atoms with Crippen molar-refractivity contribution >= 4 is 22.6 Å². The van der Waals surface area contributed by atoms with Gasteiger partial charge < -0.3 is 19.4 Å². The van der Waals surface area contributed by atoms with Crippen molar-refractivity contribution in [2.45, 2.75) is 26.4 Å². The molecule has 0 aliphatic heterocycles. The fourth-order valence-corrected chi connectivity index (χ4v) is 4.93. The first-order chi connectivity index (χ1) is 23.0. The summed E-state index contributed by atoms with van der Waals surface area (Å²) in [6.45, 7) is 0.915. The van der Waals surface area contributed by atoms with Crippen molar-refractivity contribution in [2.24, 2.45) is 0 Å². The Morgan fingerprint density at radius 1 is 0.917 bits per heavy atom. The molecule has 14 heteroatoms. The molecule has 0 atom stereocenters. The van der Waals surface area contributed by atoms with E-state index in [4.69, 9.17) is 9.47 Å². The zero-order valence-electron chi connectivity index (χ0n) is 25.6. The number of carbonyl (C=O) groups excluding carboxylic acids is 1. The topological polar surface area (TPSA) is 113 Å². The van der Waals surface area contributed by atoms with Gasteiger partial charge in [-0.2, -0.15) is 13.9 Å². The van der Waals surface area contributed by atoms with E-state index < -0.39 is 29.5 Å². The molecule has 244 valence electrons. The first kappa shape index (κ1) is 31.9. The second kappa shape index (κ2) is 13.0. The first-order valence-electron chi connectivity index (χ1n) is 14.5. The summed E-state index contributed by atoms with van der Waals surface area (Å²) in [5.41, 5.74) is 1.14. The van der Waals surface area contributed by atoms with Crippen LogP contribution in [0.4, 0.5) is 23.2 Å². The van der Waals surface area contributed by atoms with E-state index >= 15 is 4.39 Å². The van der Waals surface area contributed by atoms with Gasteiger partial charge in [-0.05, 0) is 49.7 Å². The fourth-order valence-electron chi connectivity index (χ4n) is 4.93. The molecule has 0 saturated heterocycles. The number of carbonyl (C=O) groups is 1. The van der Waals surface area contributed by atoms with Crippen molar-refractivity contribution in [2.75, 3.05) is 12.4 Å². The number of methoxy groups -OCH3 is 1. The standard InChI is InChI=1S/C34H26F4N6O4/c1-18(2)43-16-24(19-4-6-21(35)7-5-19)31(45)25(17-43)32(46)41-22-8-9-28(26(36)12-22)48-29-10-11-39-27-13-23(33(47-3)42-30(27)29)20-14-40-44(15-20)34(37)38/h4-18,34H,1-3H3,(H,41,46). The van der Waals surface area contributed by atoms with Gasteiger partial charge in [-0.3, -0.25) is 14.6 Å². The molecule has 6 rings (SSSR count). The quantitative estimate of drug-likeness (QED) is 0.159. The van der Waals surface area contributed by atoms with Crippen molar-refractivity contribution in [3.05, 3.63) is 113 Å². The van der Waals surface area contributed by atoms with Crippen LogP contribution in [0.15, 0.2) is 90.4 Å². The summed E-state index contributed by atoms with van der Waals surface area (Å²) in [6, 6.07) is 12.0. The molecule has 1 N–H and O–H groups in total. The number of nitrogens with zero attached hydrogens (tertiary/aromatic N) is 5. The Bertz CT molecular complexity index is 2220. The smallest absolute Gasteiger partial charge is 0.333 e. The van der Waals surface area contributed by atoms with E-state index in [0.29, 0.717) is 26.9 Å². The maximum Gasteiger partial charge on any atom is 0.333 e. The van der Waals surface area contributed by atoms with Crippen molar-refractivity contribution in [3.63, 3.8) is 0 Å². The normalized spacial score (nSPS) is 11.4. The highest BCUT2D eigenvalue weighted by molar-refractivity contribution is 6.04. The summed E-state index contributed by atoms with van der Waals surface area (Å²) in [5.74, 6) is -2.07. The van der Waals surface area contributed by atoms with Crippen molar-refractivity contribution in [1.29, 1.82) is 0 Å².